The van der Waals surface area contributed by atoms with Gasteiger partial charge in [-0.15, -0.1) is 0 Å². The molecule has 0 fully saturated rings. The predicted molar refractivity (Wildman–Crippen MR) is 488 cm³/mol. The van der Waals surface area contributed by atoms with Gasteiger partial charge in [-0.05, 0) is 6.92 Å². The van der Waals surface area contributed by atoms with Crippen molar-refractivity contribution in [2.45, 2.75) is 0 Å². The largest absolute Gasteiger partial charge is 0.394 e. The highest BCUT2D eigenvalue weighted by atomic mass is 16.7. The highest BCUT2D eigenvalue weighted by Gasteiger charge is 2.06. The first-order valence-corrected chi connectivity index (χ1v) is 48.2. The van der Waals surface area contributed by atoms with Crippen LogP contribution < -0.4 is 0 Å². The van der Waals surface area contributed by atoms with Crippen molar-refractivity contribution in [2.24, 2.45) is 0 Å². The fourth-order valence-corrected chi connectivity index (χ4v) is 9.62. The summed E-state index contributed by atoms with van der Waals surface area (Å²) in [6.45, 7) is 45.8. The van der Waals surface area contributed by atoms with Crippen molar-refractivity contribution in [1.29, 1.82) is 0 Å². The second kappa shape index (κ2) is 132. The van der Waals surface area contributed by atoms with Gasteiger partial charge in [0.25, 0.3) is 0 Å². The summed E-state index contributed by atoms with van der Waals surface area (Å²) >= 11 is 0. The van der Waals surface area contributed by atoms with Crippen molar-refractivity contribution in [3.8, 4) is 0 Å². The third-order valence-corrected chi connectivity index (χ3v) is 16.4. The Kier molecular flexibility index (Phi) is 130. The molecule has 0 unspecified atom stereocenters. The highest BCUT2D eigenvalue weighted by molar-refractivity contribution is 4.49. The number of hydrogen-bond donors (Lipinski definition) is 1. The molecule has 45 nitrogen and oxygen atoms in total. The Bertz CT molecular complexity index is 1720. The Morgan fingerprint density at radius 3 is 0.163 bits per heavy atom. The molecule has 1 N–H and O–H groups in total. The van der Waals surface area contributed by atoms with Crippen LogP contribution in [-0.4, -0.2) is 593 Å². The van der Waals surface area contributed by atoms with Crippen LogP contribution in [0.3, 0.4) is 0 Å². The van der Waals surface area contributed by atoms with E-state index in [1.807, 2.05) is 0 Å². The van der Waals surface area contributed by atoms with E-state index in [9.17, 15) is 0 Å². The van der Waals surface area contributed by atoms with Gasteiger partial charge in [0.1, 0.15) is 0 Å². The van der Waals surface area contributed by atoms with Crippen LogP contribution in [-0.2, 0) is 208 Å². The molecule has 0 aromatic carbocycles. The molecule has 811 valence electrons. The standard InChI is InChI=1S/C90H181O45/c1-2-92-5-6-94-9-10-96-13-14-98-17-18-100-21-22-102-25-26-104-29-30-106-33-34-108-37-38-110-41-42-112-45-46-114-49-50-116-53-54-118-57-58-120-61-62-122-65-66-124-69-70-126-73-74-128-77-78-130-81-82-132-85-86-134-89-90-135-88-87-133-84-83-131-80-79-129-76-75-127-72-71-125-68-67-123-64-63-121-60-59-119-56-55-117-52-51-115-48-47-113-44-43-111-40-39-109-36-35-107-32-31-105-28-27-103-24-23-101-20-19-99-16-15-97-12-11-95-8-7-93-4-3-91/h91H,1-90H2. The minimum Gasteiger partial charge on any atom is -0.394 e. The second-order valence-electron chi connectivity index (χ2n) is 27.2. The van der Waals surface area contributed by atoms with Crippen molar-refractivity contribution in [1.82, 2.24) is 0 Å². The van der Waals surface area contributed by atoms with E-state index in [0.717, 1.165) is 0 Å². The van der Waals surface area contributed by atoms with Gasteiger partial charge in [-0.2, -0.15) is 0 Å². The molecule has 0 atom stereocenters. The van der Waals surface area contributed by atoms with Crippen molar-refractivity contribution >= 4 is 0 Å². The van der Waals surface area contributed by atoms with Gasteiger partial charge < -0.3 is 214 Å². The third-order valence-electron chi connectivity index (χ3n) is 16.4. The number of hydrogen-bond acceptors (Lipinski definition) is 45. The van der Waals surface area contributed by atoms with Gasteiger partial charge in [0.15, 0.2) is 0 Å². The molecule has 45 heteroatoms. The van der Waals surface area contributed by atoms with Gasteiger partial charge in [0, 0.05) is 6.61 Å². The van der Waals surface area contributed by atoms with E-state index in [2.05, 4.69) is 6.92 Å². The molecule has 0 saturated carbocycles. The van der Waals surface area contributed by atoms with Crippen LogP contribution in [0.5, 0.6) is 0 Å². The van der Waals surface area contributed by atoms with Gasteiger partial charge in [-0.3, -0.25) is 0 Å². The first-order valence-electron chi connectivity index (χ1n) is 48.2. The Hall–Kier alpha value is -1.80. The molecule has 0 aromatic rings. The van der Waals surface area contributed by atoms with Crippen LogP contribution >= 0.6 is 0 Å². The van der Waals surface area contributed by atoms with Crippen LogP contribution in [0.2, 0.25) is 0 Å². The summed E-state index contributed by atoms with van der Waals surface area (Å²) in [6.07, 6.45) is 0. The van der Waals surface area contributed by atoms with Crippen molar-refractivity contribution in [2.75, 3.05) is 588 Å². The van der Waals surface area contributed by atoms with Gasteiger partial charge in [0.05, 0.1) is 581 Å². The lowest BCUT2D eigenvalue weighted by atomic mass is 10.6. The van der Waals surface area contributed by atoms with E-state index in [-0.39, 0.29) is 6.61 Å². The number of ether oxygens (including phenoxy) is 44. The van der Waals surface area contributed by atoms with Gasteiger partial charge >= 0.3 is 0 Å². The van der Waals surface area contributed by atoms with E-state index in [1.165, 1.54) is 0 Å². The van der Waals surface area contributed by atoms with Crippen molar-refractivity contribution in [3.63, 3.8) is 0 Å². The molecule has 0 bridgehead atoms. The molecule has 0 rings (SSSR count). The van der Waals surface area contributed by atoms with E-state index < -0.39 is 0 Å². The topological polar surface area (TPSA) is 426 Å². The predicted octanol–water partition coefficient (Wildman–Crippen LogP) is 0.543. The molecule has 135 heavy (non-hydrogen) atoms. The summed E-state index contributed by atoms with van der Waals surface area (Å²) in [7, 11) is 0. The average molecular weight is 1980 g/mol. The Balaban J connectivity index is 3.10. The average Bonchev–Trinajstić information content (AvgIpc) is 1.14. The van der Waals surface area contributed by atoms with E-state index >= 15 is 0 Å². The van der Waals surface area contributed by atoms with Gasteiger partial charge in [0.2, 0.25) is 0 Å². The molecule has 0 heterocycles. The van der Waals surface area contributed by atoms with Crippen LogP contribution in [0.4, 0.5) is 0 Å². The summed E-state index contributed by atoms with van der Waals surface area (Å²) in [5.41, 5.74) is 0. The van der Waals surface area contributed by atoms with Gasteiger partial charge in [-0.1, -0.05) is 0 Å². The molecule has 0 amide bonds. The number of aliphatic hydroxyl groups is 1. The zero-order valence-corrected chi connectivity index (χ0v) is 82.0. The minimum atomic E-state index is 0.0144. The second-order valence-corrected chi connectivity index (χ2v) is 27.2. The van der Waals surface area contributed by atoms with Crippen molar-refractivity contribution < 1.29 is 214 Å². The lowest BCUT2D eigenvalue weighted by Gasteiger charge is -2.09. The normalized spacial score (nSPS) is 11.9. The highest BCUT2D eigenvalue weighted by Crippen LogP contribution is 1.97. The maximum atomic E-state index is 8.63. The molecule has 0 aliphatic rings. The fraction of sp³-hybridized carbons (Fsp3) is 0.989. The summed E-state index contributed by atoms with van der Waals surface area (Å²) in [6, 6.07) is 0. The van der Waals surface area contributed by atoms with E-state index in [0.29, 0.717) is 581 Å². The molecule has 0 saturated heterocycles. The molecule has 0 aromatic heterocycles. The lowest BCUT2D eigenvalue weighted by molar-refractivity contribution is -0.0329. The van der Waals surface area contributed by atoms with Gasteiger partial charge in [-0.25, -0.2) is 0 Å². The molecule has 1 radical (unpaired) electrons. The maximum absolute atomic E-state index is 8.63. The van der Waals surface area contributed by atoms with Crippen LogP contribution in [0.15, 0.2) is 0 Å². The summed E-state index contributed by atoms with van der Waals surface area (Å²) in [5.74, 6) is 0. The van der Waals surface area contributed by atoms with Crippen LogP contribution in [0.1, 0.15) is 0 Å². The summed E-state index contributed by atoms with van der Waals surface area (Å²) < 4.78 is 242. The molecular weight excluding hydrogens is 1800 g/mol. The monoisotopic (exact) mass is 1980 g/mol. The first-order chi connectivity index (χ1) is 67.4. The number of rotatable bonds is 132. The van der Waals surface area contributed by atoms with E-state index in [1.54, 1.807) is 0 Å². The minimum absolute atomic E-state index is 0.0144. The smallest absolute Gasteiger partial charge is 0.0701 e. The third kappa shape index (κ3) is 132. The summed E-state index contributed by atoms with van der Waals surface area (Å²) in [5, 5.41) is 8.63. The SMILES string of the molecule is [CH2]COCCOCCOCCOCCOCCOCCOCCOCCOCCOCCOCCOCCOCCOCCOCCOCCOCCOCCOCCOCCOCCOCCOCCOCCOCCOCCOCCOCCOCCOCCOCCOCCOCCOCCOCCOCCOCCOCCOCCOCCOCCOCCOCCOCCO. The maximum Gasteiger partial charge on any atom is 0.0701 e. The molecule has 0 spiro atoms. The quantitative estimate of drug-likeness (QED) is 0.0812. The number of aliphatic hydroxyl groups excluding tert-OH is 1. The fourth-order valence-electron chi connectivity index (χ4n) is 9.62. The zero-order chi connectivity index (χ0) is 96.0. The molecule has 0 aliphatic heterocycles. The lowest BCUT2D eigenvalue weighted by Crippen LogP contribution is -2.16. The molecular formula is C90H181O45. The van der Waals surface area contributed by atoms with E-state index in [4.69, 9.17) is 214 Å². The Labute approximate surface area is 805 Å². The summed E-state index contributed by atoms with van der Waals surface area (Å²) in [4.78, 5) is 0. The zero-order valence-electron chi connectivity index (χ0n) is 82.0. The van der Waals surface area contributed by atoms with Crippen LogP contribution in [0.25, 0.3) is 0 Å². The Morgan fingerprint density at radius 2 is 0.119 bits per heavy atom. The van der Waals surface area contributed by atoms with Crippen molar-refractivity contribution in [3.05, 3.63) is 6.92 Å². The Morgan fingerprint density at radius 1 is 0.0741 bits per heavy atom. The van der Waals surface area contributed by atoms with Crippen LogP contribution in [0, 0.1) is 6.92 Å². The first kappa shape index (κ1) is 133. The molecule has 0 aliphatic carbocycles.